The lowest BCUT2D eigenvalue weighted by molar-refractivity contribution is -0.138. The normalized spacial score (nSPS) is 19.5. The van der Waals surface area contributed by atoms with Gasteiger partial charge in [0.05, 0.1) is 5.41 Å². The Balaban J connectivity index is 1.89. The van der Waals surface area contributed by atoms with E-state index in [0.717, 1.165) is 10.5 Å². The molecule has 2 N–H and O–H groups in total. The van der Waals surface area contributed by atoms with E-state index in [1.807, 2.05) is 12.1 Å². The summed E-state index contributed by atoms with van der Waals surface area (Å²) in [5.74, 6) is -0.912. The number of amides is 2. The number of nitrogens with zero attached hydrogens (tertiary/aromatic N) is 1. The van der Waals surface area contributed by atoms with Gasteiger partial charge in [-0.05, 0) is 96.7 Å². The Morgan fingerprint density at radius 2 is 1.68 bits per heavy atom. The van der Waals surface area contributed by atoms with Crippen LogP contribution in [0.15, 0.2) is 42.5 Å². The number of hydrogen-bond donors (Lipinski definition) is 1. The average Bonchev–Trinajstić information content (AvgIpc) is 3.09. The van der Waals surface area contributed by atoms with Crippen molar-refractivity contribution in [3.63, 3.8) is 0 Å². The fourth-order valence-electron chi connectivity index (χ4n) is 4.72. The van der Waals surface area contributed by atoms with Gasteiger partial charge in [-0.1, -0.05) is 35.9 Å². The summed E-state index contributed by atoms with van der Waals surface area (Å²) in [7, 11) is 0. The Labute approximate surface area is 239 Å². The number of hydrogen-bond acceptors (Lipinski definition) is 7. The van der Waals surface area contributed by atoms with Crippen LogP contribution in [-0.4, -0.2) is 53.5 Å². The molecule has 2 aromatic rings. The molecule has 2 amide bonds. The van der Waals surface area contributed by atoms with Crippen molar-refractivity contribution in [3.8, 4) is 11.1 Å². The van der Waals surface area contributed by atoms with Crippen LogP contribution in [0.3, 0.4) is 0 Å². The van der Waals surface area contributed by atoms with Crippen LogP contribution in [0, 0.1) is 11.2 Å². The molecule has 0 aliphatic carbocycles. The molecule has 2 unspecified atom stereocenters. The summed E-state index contributed by atoms with van der Waals surface area (Å²) >= 11 is 6.05. The smallest absolute Gasteiger partial charge is 0.443 e. The van der Waals surface area contributed by atoms with Crippen LogP contribution in [0.4, 0.5) is 14.0 Å². The van der Waals surface area contributed by atoms with Gasteiger partial charge in [0.1, 0.15) is 23.6 Å². The van der Waals surface area contributed by atoms with Crippen LogP contribution in [0.25, 0.3) is 11.1 Å². The topological polar surface area (TPSA) is 108 Å². The number of carbonyl (C=O) groups is 3. The summed E-state index contributed by atoms with van der Waals surface area (Å²) in [6.45, 7) is 10.1. The summed E-state index contributed by atoms with van der Waals surface area (Å²) in [4.78, 5) is 40.5. The second-order valence-electron chi connectivity index (χ2n) is 12.1. The summed E-state index contributed by atoms with van der Waals surface area (Å²) < 4.78 is 30.6. The van der Waals surface area contributed by atoms with Gasteiger partial charge in [-0.15, -0.1) is 0 Å². The molecule has 2 aromatic carbocycles. The molecule has 1 aliphatic rings. The first-order valence-electron chi connectivity index (χ1n) is 13.2. The SMILES string of the molecule is CC(C)(C)OC(=O)OCC1(CCN)CC(Cc2ccc(-c3cc(Cl)ccc3F)cc2)N(C(=O)OC(C)(C)C)C1=O. The van der Waals surface area contributed by atoms with Gasteiger partial charge >= 0.3 is 12.2 Å². The Morgan fingerprint density at radius 1 is 1.05 bits per heavy atom. The predicted octanol–water partition coefficient (Wildman–Crippen LogP) is 6.51. The number of benzene rings is 2. The highest BCUT2D eigenvalue weighted by Crippen LogP contribution is 2.42. The Kier molecular flexibility index (Phi) is 9.52. The number of rotatable bonds is 7. The maximum atomic E-state index is 14.4. The maximum Gasteiger partial charge on any atom is 0.508 e. The first kappa shape index (κ1) is 31.4. The van der Waals surface area contributed by atoms with E-state index in [9.17, 15) is 18.8 Å². The highest BCUT2D eigenvalue weighted by molar-refractivity contribution is 6.30. The fourth-order valence-corrected chi connectivity index (χ4v) is 4.90. The molecule has 218 valence electrons. The second kappa shape index (κ2) is 12.1. The lowest BCUT2D eigenvalue weighted by Crippen LogP contribution is -2.46. The molecule has 1 heterocycles. The van der Waals surface area contributed by atoms with Gasteiger partial charge in [-0.3, -0.25) is 4.79 Å². The first-order chi connectivity index (χ1) is 18.5. The lowest BCUT2D eigenvalue weighted by Gasteiger charge is -2.29. The minimum Gasteiger partial charge on any atom is -0.443 e. The monoisotopic (exact) mass is 576 g/mol. The molecular formula is C30H38ClFN2O6. The zero-order chi connectivity index (χ0) is 29.9. The standard InChI is InChI=1S/C30H38ClFN2O6/c1-28(2,3)39-26(36)34-22(15-19-7-9-20(10-8-19)23-16-21(31)11-12-24(23)32)17-30(13-14-33,25(34)35)18-38-27(37)40-29(4,5)6/h7-12,16,22H,13-15,17-18,33H2,1-6H3. The van der Waals surface area contributed by atoms with Gasteiger partial charge in [0.25, 0.3) is 0 Å². The van der Waals surface area contributed by atoms with E-state index in [0.29, 0.717) is 22.6 Å². The summed E-state index contributed by atoms with van der Waals surface area (Å²) in [6, 6.07) is 10.9. The lowest BCUT2D eigenvalue weighted by atomic mass is 9.81. The van der Waals surface area contributed by atoms with Crippen molar-refractivity contribution in [1.29, 1.82) is 0 Å². The van der Waals surface area contributed by atoms with Gasteiger partial charge in [0.15, 0.2) is 0 Å². The van der Waals surface area contributed by atoms with Gasteiger partial charge in [0, 0.05) is 16.6 Å². The number of carbonyl (C=O) groups excluding carboxylic acids is 3. The number of likely N-dealkylation sites (tertiary alicyclic amines) is 1. The van der Waals surface area contributed by atoms with Crippen LogP contribution in [-0.2, 0) is 25.4 Å². The van der Waals surface area contributed by atoms with E-state index < -0.39 is 46.6 Å². The number of nitrogens with two attached hydrogens (primary N) is 1. The number of imide groups is 1. The highest BCUT2D eigenvalue weighted by Gasteiger charge is 2.55. The zero-order valence-corrected chi connectivity index (χ0v) is 24.6. The average molecular weight is 577 g/mol. The Hall–Kier alpha value is -3.17. The Morgan fingerprint density at radius 3 is 2.25 bits per heavy atom. The third kappa shape index (κ3) is 7.95. The largest absolute Gasteiger partial charge is 0.508 e. The predicted molar refractivity (Wildman–Crippen MR) is 150 cm³/mol. The van der Waals surface area contributed by atoms with Crippen molar-refractivity contribution >= 4 is 29.8 Å². The fraction of sp³-hybridized carbons (Fsp3) is 0.500. The third-order valence-corrected chi connectivity index (χ3v) is 6.63. The van der Waals surface area contributed by atoms with E-state index in [2.05, 4.69) is 0 Å². The second-order valence-corrected chi connectivity index (χ2v) is 12.5. The van der Waals surface area contributed by atoms with E-state index in [4.69, 9.17) is 31.5 Å². The molecule has 1 fully saturated rings. The minimum atomic E-state index is -1.23. The van der Waals surface area contributed by atoms with Crippen molar-refractivity contribution in [1.82, 2.24) is 4.90 Å². The summed E-state index contributed by atoms with van der Waals surface area (Å²) in [5, 5.41) is 0.419. The molecule has 0 bridgehead atoms. The van der Waals surface area contributed by atoms with E-state index in [1.54, 1.807) is 59.7 Å². The zero-order valence-electron chi connectivity index (χ0n) is 23.9. The van der Waals surface area contributed by atoms with Crippen LogP contribution >= 0.6 is 11.6 Å². The van der Waals surface area contributed by atoms with Crippen molar-refractivity contribution in [2.24, 2.45) is 11.1 Å². The summed E-state index contributed by atoms with van der Waals surface area (Å²) in [6.07, 6.45) is -0.987. The molecule has 1 aliphatic heterocycles. The molecule has 1 saturated heterocycles. The third-order valence-electron chi connectivity index (χ3n) is 6.40. The quantitative estimate of drug-likeness (QED) is 0.374. The van der Waals surface area contributed by atoms with Crippen LogP contribution < -0.4 is 5.73 Å². The van der Waals surface area contributed by atoms with Gasteiger partial charge in [-0.2, -0.15) is 0 Å². The Bertz CT molecular complexity index is 1240. The van der Waals surface area contributed by atoms with Gasteiger partial charge < -0.3 is 19.9 Å². The molecule has 3 rings (SSSR count). The molecule has 2 atom stereocenters. The number of halogens is 2. The van der Waals surface area contributed by atoms with Gasteiger partial charge in [0.2, 0.25) is 5.91 Å². The molecule has 10 heteroatoms. The van der Waals surface area contributed by atoms with Crippen LogP contribution in [0.2, 0.25) is 5.02 Å². The van der Waals surface area contributed by atoms with E-state index >= 15 is 0 Å². The first-order valence-corrected chi connectivity index (χ1v) is 13.6. The van der Waals surface area contributed by atoms with Crippen LogP contribution in [0.1, 0.15) is 59.9 Å². The van der Waals surface area contributed by atoms with Crippen molar-refractivity contribution < 1.29 is 33.0 Å². The molecule has 0 aromatic heterocycles. The highest BCUT2D eigenvalue weighted by atomic mass is 35.5. The molecular weight excluding hydrogens is 539 g/mol. The molecule has 0 spiro atoms. The molecule has 40 heavy (non-hydrogen) atoms. The van der Waals surface area contributed by atoms with Crippen molar-refractivity contribution in [3.05, 3.63) is 58.9 Å². The van der Waals surface area contributed by atoms with Gasteiger partial charge in [-0.25, -0.2) is 18.9 Å². The van der Waals surface area contributed by atoms with E-state index in [1.165, 1.54) is 12.1 Å². The number of ether oxygens (including phenoxy) is 3. The molecule has 0 saturated carbocycles. The van der Waals surface area contributed by atoms with E-state index in [-0.39, 0.29) is 26.0 Å². The van der Waals surface area contributed by atoms with Crippen molar-refractivity contribution in [2.45, 2.75) is 78.0 Å². The van der Waals surface area contributed by atoms with Crippen LogP contribution in [0.5, 0.6) is 0 Å². The maximum absolute atomic E-state index is 14.4. The summed E-state index contributed by atoms with van der Waals surface area (Å²) in [5.41, 5.74) is 4.86. The minimum absolute atomic E-state index is 0.137. The van der Waals surface area contributed by atoms with Crippen molar-refractivity contribution in [2.75, 3.05) is 13.2 Å². The molecule has 0 radical (unpaired) electrons. The molecule has 8 nitrogen and oxygen atoms in total.